The molecule has 3 aliphatic carbocycles. The summed E-state index contributed by atoms with van der Waals surface area (Å²) >= 11 is 0. The van der Waals surface area contributed by atoms with Crippen LogP contribution in [0.15, 0.2) is 29.8 Å². The monoisotopic (exact) mass is 846 g/mol. The van der Waals surface area contributed by atoms with Crippen LogP contribution < -0.4 is 5.32 Å². The molecule has 2 bridgehead atoms. The van der Waals surface area contributed by atoms with Crippen molar-refractivity contribution in [1.29, 1.82) is 0 Å². The number of ether oxygens (including phenoxy) is 4. The SMILES string of the molecule is CCCCCC1(CCCCC)O[C@@H]2[C@H]3ON(Cc4ccc(C=C5CCC6O[C@]6(C)CC[C@@H]6[C@@H]5CC6(C)C)cc4)[C@H]4C(=O)OC(CC34C(=O)N3CCC[C@@H]3C(=O)NCCO)[C@@H]2O1. The molecule has 9 rings (SSSR count). The molecule has 0 radical (unpaired) electrons. The van der Waals surface area contributed by atoms with Crippen molar-refractivity contribution in [3.8, 4) is 0 Å². The lowest BCUT2D eigenvalue weighted by Gasteiger charge is -2.53. The van der Waals surface area contributed by atoms with Crippen molar-refractivity contribution >= 4 is 23.9 Å². The Hall–Kier alpha value is -2.87. The van der Waals surface area contributed by atoms with Gasteiger partial charge in [-0.2, -0.15) is 5.06 Å². The number of hydrogen-bond acceptors (Lipinski definition) is 10. The summed E-state index contributed by atoms with van der Waals surface area (Å²) in [7, 11) is 0. The van der Waals surface area contributed by atoms with Gasteiger partial charge in [0.15, 0.2) is 11.8 Å². The van der Waals surface area contributed by atoms with E-state index in [1.54, 1.807) is 9.96 Å². The molecule has 8 aliphatic rings. The second kappa shape index (κ2) is 16.9. The molecule has 336 valence electrons. The maximum atomic E-state index is 15.4. The van der Waals surface area contributed by atoms with Crippen molar-refractivity contribution in [3.05, 3.63) is 41.0 Å². The van der Waals surface area contributed by atoms with Crippen LogP contribution in [0.2, 0.25) is 0 Å². The van der Waals surface area contributed by atoms with Crippen molar-refractivity contribution < 1.29 is 43.3 Å². The van der Waals surface area contributed by atoms with E-state index in [2.05, 4.69) is 70.3 Å². The van der Waals surface area contributed by atoms with E-state index < -0.39 is 53.7 Å². The predicted octanol–water partition coefficient (Wildman–Crippen LogP) is 7.00. The summed E-state index contributed by atoms with van der Waals surface area (Å²) in [6.07, 6.45) is 14.7. The van der Waals surface area contributed by atoms with Crippen molar-refractivity contribution in [3.63, 3.8) is 0 Å². The van der Waals surface area contributed by atoms with Gasteiger partial charge < -0.3 is 34.3 Å². The number of epoxide rings is 1. The molecule has 0 aromatic heterocycles. The molecule has 3 saturated carbocycles. The first-order valence-electron chi connectivity index (χ1n) is 24.0. The molecule has 8 fully saturated rings. The highest BCUT2D eigenvalue weighted by Gasteiger charge is 2.77. The minimum atomic E-state index is -1.34. The van der Waals surface area contributed by atoms with Gasteiger partial charge in [0.2, 0.25) is 11.8 Å². The standard InChI is InChI=1S/C49H71N3O9/c1-6-8-10-21-48(22-11-9-7-2)59-39-37-29-49(45(56)51-25-12-13-36(51)43(54)50-24-26-53)41(44(55)57-37)52(61-42(49)40(39)60-48)30-32-16-14-31(15-17-32)27-33-18-19-38-47(5,58-38)23-20-35-34(33)28-46(35,3)4/h14-17,27,34-42,53H,6-13,18-26,28-30H2,1-5H3,(H,50,54)/t34-,35-,36-,37?,38?,39+,40+,41+,42-,47-,49?/m1/s1. The predicted molar refractivity (Wildman–Crippen MR) is 228 cm³/mol. The third-order valence-electron chi connectivity index (χ3n) is 16.3. The Kier molecular flexibility index (Phi) is 12.0. The van der Waals surface area contributed by atoms with Crippen LogP contribution in [0.4, 0.5) is 0 Å². The number of amides is 2. The molecule has 0 spiro atoms. The molecule has 5 saturated heterocycles. The quantitative estimate of drug-likeness (QED) is 0.108. The Morgan fingerprint density at radius 3 is 2.38 bits per heavy atom. The average Bonchev–Trinajstić information content (AvgIpc) is 3.62. The zero-order valence-corrected chi connectivity index (χ0v) is 37.3. The van der Waals surface area contributed by atoms with E-state index in [4.69, 9.17) is 23.8 Å². The van der Waals surface area contributed by atoms with Gasteiger partial charge in [-0.25, -0.2) is 0 Å². The minimum Gasteiger partial charge on any atom is -0.458 e. The molecule has 11 atom stereocenters. The van der Waals surface area contributed by atoms with Gasteiger partial charge in [0, 0.05) is 32.4 Å². The number of aliphatic hydroxyl groups is 1. The maximum Gasteiger partial charge on any atom is 0.327 e. The van der Waals surface area contributed by atoms with Gasteiger partial charge in [0.1, 0.15) is 35.9 Å². The Labute approximate surface area is 362 Å². The van der Waals surface area contributed by atoms with E-state index in [1.807, 2.05) is 0 Å². The molecular weight excluding hydrogens is 775 g/mol. The van der Waals surface area contributed by atoms with Crippen molar-refractivity contribution in [2.24, 2.45) is 22.7 Å². The number of hydrogen-bond donors (Lipinski definition) is 2. The molecule has 1 aromatic rings. The summed E-state index contributed by atoms with van der Waals surface area (Å²) in [5.74, 6) is -0.657. The summed E-state index contributed by atoms with van der Waals surface area (Å²) in [5.41, 5.74) is 2.69. The Balaban J connectivity index is 1.01. The molecule has 2 N–H and O–H groups in total. The summed E-state index contributed by atoms with van der Waals surface area (Å²) in [5, 5.41) is 13.9. The highest BCUT2D eigenvalue weighted by Crippen LogP contribution is 2.61. The largest absolute Gasteiger partial charge is 0.458 e. The van der Waals surface area contributed by atoms with Gasteiger partial charge >= 0.3 is 5.97 Å². The summed E-state index contributed by atoms with van der Waals surface area (Å²) in [6, 6.07) is 6.80. The molecule has 2 amide bonds. The van der Waals surface area contributed by atoms with E-state index >= 15 is 4.79 Å². The van der Waals surface area contributed by atoms with Crippen LogP contribution >= 0.6 is 0 Å². The number of rotatable bonds is 15. The van der Waals surface area contributed by atoms with E-state index in [-0.39, 0.29) is 43.5 Å². The summed E-state index contributed by atoms with van der Waals surface area (Å²) in [4.78, 5) is 51.9. The van der Waals surface area contributed by atoms with Crippen LogP contribution in [0.5, 0.6) is 0 Å². The number of likely N-dealkylation sites (tertiary alicyclic amines) is 1. The number of carbonyl (C=O) groups is 3. The average molecular weight is 846 g/mol. The first-order valence-corrected chi connectivity index (χ1v) is 24.0. The van der Waals surface area contributed by atoms with Gasteiger partial charge in [0.25, 0.3) is 0 Å². The molecule has 3 unspecified atom stereocenters. The molecular formula is C49H71N3O9. The first kappa shape index (κ1) is 43.4. The molecule has 12 heteroatoms. The fourth-order valence-electron chi connectivity index (χ4n) is 12.8. The van der Waals surface area contributed by atoms with Gasteiger partial charge in [0.05, 0.1) is 24.9 Å². The van der Waals surface area contributed by atoms with Gasteiger partial charge in [-0.3, -0.25) is 19.2 Å². The second-order valence-corrected chi connectivity index (χ2v) is 20.7. The third-order valence-corrected chi connectivity index (χ3v) is 16.3. The molecule has 61 heavy (non-hydrogen) atoms. The number of aliphatic hydroxyl groups excluding tert-OH is 1. The highest BCUT2D eigenvalue weighted by molar-refractivity contribution is 5.96. The number of fused-ring (bicyclic) bond motifs is 6. The second-order valence-electron chi connectivity index (χ2n) is 20.7. The van der Waals surface area contributed by atoms with E-state index in [0.29, 0.717) is 55.6 Å². The molecule has 1 aromatic carbocycles. The van der Waals surface area contributed by atoms with Crippen LogP contribution in [0.1, 0.15) is 148 Å². The Morgan fingerprint density at radius 2 is 1.67 bits per heavy atom. The number of unbranched alkanes of at least 4 members (excludes halogenated alkanes) is 4. The van der Waals surface area contributed by atoms with E-state index in [1.165, 1.54) is 18.4 Å². The lowest BCUT2D eigenvalue weighted by Crippen LogP contribution is -2.70. The summed E-state index contributed by atoms with van der Waals surface area (Å²) in [6.45, 7) is 12.1. The smallest absolute Gasteiger partial charge is 0.327 e. The van der Waals surface area contributed by atoms with Crippen molar-refractivity contribution in [2.75, 3.05) is 19.7 Å². The summed E-state index contributed by atoms with van der Waals surface area (Å²) < 4.78 is 26.6. The van der Waals surface area contributed by atoms with Gasteiger partial charge in [-0.15, -0.1) is 0 Å². The van der Waals surface area contributed by atoms with Crippen LogP contribution in [0, 0.1) is 22.7 Å². The zero-order chi connectivity index (χ0) is 42.7. The fraction of sp³-hybridized carbons (Fsp3) is 0.776. The maximum absolute atomic E-state index is 15.4. The van der Waals surface area contributed by atoms with Crippen molar-refractivity contribution in [2.45, 2.75) is 198 Å². The minimum absolute atomic E-state index is 0.0483. The van der Waals surface area contributed by atoms with Crippen LogP contribution in [0.3, 0.4) is 0 Å². The first-order chi connectivity index (χ1) is 29.3. The molecule has 5 aliphatic heterocycles. The fourth-order valence-corrected chi connectivity index (χ4v) is 12.8. The number of esters is 1. The topological polar surface area (TPSA) is 139 Å². The van der Waals surface area contributed by atoms with Gasteiger partial charge in [-0.1, -0.05) is 89.3 Å². The van der Waals surface area contributed by atoms with Crippen LogP contribution in [0.25, 0.3) is 6.08 Å². The highest BCUT2D eigenvalue weighted by atomic mass is 16.8. The van der Waals surface area contributed by atoms with Gasteiger partial charge in [-0.05, 0) is 93.1 Å². The zero-order valence-electron chi connectivity index (χ0n) is 37.3. The number of nitrogens with zero attached hydrogens (tertiary/aromatic N) is 2. The number of carbonyl (C=O) groups excluding carboxylic acids is 3. The van der Waals surface area contributed by atoms with Crippen LogP contribution in [-0.4, -0.2) is 107 Å². The van der Waals surface area contributed by atoms with E-state index in [0.717, 1.165) is 68.9 Å². The van der Waals surface area contributed by atoms with Crippen LogP contribution in [-0.2, 0) is 44.7 Å². The Morgan fingerprint density at radius 1 is 0.934 bits per heavy atom. The number of hydroxylamine groups is 2. The lowest BCUT2D eigenvalue weighted by atomic mass is 9.52. The van der Waals surface area contributed by atoms with Crippen molar-refractivity contribution in [1.82, 2.24) is 15.3 Å². The molecule has 12 nitrogen and oxygen atoms in total. The normalized spacial score (nSPS) is 38.7. The Bertz CT molecular complexity index is 1820. The third kappa shape index (κ3) is 7.81. The number of allylic oxidation sites excluding steroid dienone is 1. The van der Waals surface area contributed by atoms with E-state index in [9.17, 15) is 14.7 Å². The molecule has 5 heterocycles. The number of nitrogens with one attached hydrogen (secondary N) is 1. The number of benzene rings is 1. The lowest BCUT2D eigenvalue weighted by molar-refractivity contribution is -0.225.